The molecule has 9 heteroatoms. The first-order chi connectivity index (χ1) is 12.6. The summed E-state index contributed by atoms with van der Waals surface area (Å²) in [4.78, 5) is 1.88. The van der Waals surface area contributed by atoms with Crippen LogP contribution in [0.15, 0.2) is 58.0 Å². The van der Waals surface area contributed by atoms with Gasteiger partial charge in [0.05, 0.1) is 0 Å². The number of hydrogen-bond donors (Lipinski definition) is 1. The van der Waals surface area contributed by atoms with Crippen molar-refractivity contribution >= 4 is 38.8 Å². The van der Waals surface area contributed by atoms with Gasteiger partial charge in [0, 0.05) is 0 Å². The molecule has 0 bridgehead atoms. The molecular formula is C18H14F6OSe2. The Balaban J connectivity index is 2.08. The second-order valence-electron chi connectivity index (χ2n) is 5.32. The van der Waals surface area contributed by atoms with Crippen LogP contribution < -0.4 is 8.92 Å². The molecule has 0 saturated heterocycles. The minimum atomic E-state index is -4.39. The Hall–Kier alpha value is -1.24. The van der Waals surface area contributed by atoms with E-state index in [4.69, 9.17) is 0 Å². The van der Waals surface area contributed by atoms with Crippen molar-refractivity contribution in [3.63, 3.8) is 0 Å². The van der Waals surface area contributed by atoms with Gasteiger partial charge in [-0.05, 0) is 0 Å². The predicted octanol–water partition coefficient (Wildman–Crippen LogP) is 3.31. The quantitative estimate of drug-likeness (QED) is 0.460. The third kappa shape index (κ3) is 7.01. The first-order valence-corrected chi connectivity index (χ1v) is 11.1. The fraction of sp³-hybridized carbons (Fsp3) is 0.222. The summed E-state index contributed by atoms with van der Waals surface area (Å²) in [6, 6.07) is 9.76. The minimum absolute atomic E-state index is 0.0999. The van der Waals surface area contributed by atoms with Crippen molar-refractivity contribution in [2.24, 2.45) is 0 Å². The Bertz CT molecular complexity index is 764. The van der Waals surface area contributed by atoms with Gasteiger partial charge in [0.15, 0.2) is 0 Å². The van der Waals surface area contributed by atoms with Crippen LogP contribution in [0.3, 0.4) is 0 Å². The SMILES string of the molecule is OCC/C(=C\[Se]c1ccc(C(F)(F)F)cc1)[Se]c1ccc(C(F)(F)F)cc1. The second kappa shape index (κ2) is 9.30. The molecule has 0 aliphatic carbocycles. The molecule has 2 rings (SSSR count). The standard InChI is InChI=1S/C18H14F6OSe2/c19-17(20,21)12-1-5-14(6-2-12)26-11-16(9-10-25)27-15-7-3-13(4-8-15)18(22,23)24/h1-8,11,25H,9-10H2/b16-11+. The van der Waals surface area contributed by atoms with Crippen molar-refractivity contribution in [2.75, 3.05) is 6.61 Å². The number of hydrogen-bond acceptors (Lipinski definition) is 1. The van der Waals surface area contributed by atoms with Crippen molar-refractivity contribution in [1.29, 1.82) is 0 Å². The molecule has 1 N–H and O–H groups in total. The van der Waals surface area contributed by atoms with E-state index in [1.807, 2.05) is 4.97 Å². The van der Waals surface area contributed by atoms with Crippen LogP contribution in [0, 0.1) is 0 Å². The van der Waals surface area contributed by atoms with Gasteiger partial charge in [0.1, 0.15) is 0 Å². The van der Waals surface area contributed by atoms with E-state index in [1.54, 1.807) is 0 Å². The summed E-state index contributed by atoms with van der Waals surface area (Å²) < 4.78 is 77.9. The van der Waals surface area contributed by atoms with Crippen LogP contribution >= 0.6 is 0 Å². The van der Waals surface area contributed by atoms with Crippen molar-refractivity contribution in [2.45, 2.75) is 18.8 Å². The average molecular weight is 518 g/mol. The van der Waals surface area contributed by atoms with Gasteiger partial charge in [-0.1, -0.05) is 0 Å². The summed E-state index contributed by atoms with van der Waals surface area (Å²) >= 11 is -0.497. The van der Waals surface area contributed by atoms with Crippen molar-refractivity contribution in [3.8, 4) is 0 Å². The Morgan fingerprint density at radius 2 is 1.22 bits per heavy atom. The molecule has 0 heterocycles. The van der Waals surface area contributed by atoms with Gasteiger partial charge in [0.25, 0.3) is 0 Å². The van der Waals surface area contributed by atoms with Gasteiger partial charge < -0.3 is 0 Å². The molecule has 1 nitrogen and oxygen atoms in total. The van der Waals surface area contributed by atoms with E-state index in [2.05, 4.69) is 0 Å². The van der Waals surface area contributed by atoms with E-state index < -0.39 is 23.5 Å². The van der Waals surface area contributed by atoms with E-state index in [-0.39, 0.29) is 36.5 Å². The van der Waals surface area contributed by atoms with E-state index in [0.717, 1.165) is 37.7 Å². The van der Waals surface area contributed by atoms with Crippen LogP contribution in [0.1, 0.15) is 17.5 Å². The fourth-order valence-corrected chi connectivity index (χ4v) is 6.15. The molecule has 0 spiro atoms. The number of halogens is 6. The Morgan fingerprint density at radius 1 is 0.778 bits per heavy atom. The van der Waals surface area contributed by atoms with Crippen molar-refractivity contribution in [3.05, 3.63) is 69.1 Å². The molecule has 2 aromatic rings. The summed E-state index contributed by atoms with van der Waals surface area (Å²) in [5.41, 5.74) is -1.43. The third-order valence-corrected chi connectivity index (χ3v) is 8.33. The summed E-state index contributed by atoms with van der Waals surface area (Å²) in [7, 11) is 0. The molecule has 0 aliphatic heterocycles. The predicted molar refractivity (Wildman–Crippen MR) is 93.4 cm³/mol. The topological polar surface area (TPSA) is 20.2 Å². The van der Waals surface area contributed by atoms with Crippen molar-refractivity contribution in [1.82, 2.24) is 0 Å². The summed E-state index contributed by atoms with van der Waals surface area (Å²) in [6.07, 6.45) is -8.39. The molecule has 0 unspecified atom stereocenters. The molecule has 0 aliphatic rings. The van der Waals surface area contributed by atoms with Gasteiger partial charge in [-0.3, -0.25) is 0 Å². The molecule has 0 radical (unpaired) electrons. The van der Waals surface area contributed by atoms with E-state index >= 15 is 0 Å². The number of benzene rings is 2. The van der Waals surface area contributed by atoms with E-state index in [9.17, 15) is 31.4 Å². The number of alkyl halides is 6. The molecular weight excluding hydrogens is 504 g/mol. The van der Waals surface area contributed by atoms with Gasteiger partial charge in [-0.2, -0.15) is 0 Å². The molecule has 0 amide bonds. The molecule has 0 atom stereocenters. The van der Waals surface area contributed by atoms with Crippen molar-refractivity contribution < 1.29 is 31.4 Å². The first-order valence-electron chi connectivity index (χ1n) is 7.58. The first kappa shape index (κ1) is 22.1. The second-order valence-corrected chi connectivity index (χ2v) is 9.82. The van der Waals surface area contributed by atoms with Gasteiger partial charge in [-0.25, -0.2) is 0 Å². The number of aliphatic hydroxyl groups excluding tert-OH is 1. The molecule has 2 aromatic carbocycles. The summed E-state index contributed by atoms with van der Waals surface area (Å²) in [5, 5.41) is 9.19. The van der Waals surface area contributed by atoms with E-state index in [0.29, 0.717) is 6.42 Å². The van der Waals surface area contributed by atoms with Crippen LogP contribution in [0.4, 0.5) is 26.3 Å². The summed E-state index contributed by atoms with van der Waals surface area (Å²) in [5.74, 6) is 0. The van der Waals surface area contributed by atoms with Gasteiger partial charge in [-0.15, -0.1) is 0 Å². The Labute approximate surface area is 164 Å². The molecule has 0 saturated carbocycles. The molecule has 146 valence electrons. The fourth-order valence-electron chi connectivity index (χ4n) is 1.96. The number of rotatable bonds is 6. The van der Waals surface area contributed by atoms with Gasteiger partial charge >= 0.3 is 165 Å². The number of aliphatic hydroxyl groups is 1. The Morgan fingerprint density at radius 3 is 1.63 bits per heavy atom. The maximum atomic E-state index is 12.6. The molecule has 0 fully saturated rings. The van der Waals surface area contributed by atoms with Crippen LogP contribution in [0.25, 0.3) is 0 Å². The van der Waals surface area contributed by atoms with Crippen LogP contribution in [-0.4, -0.2) is 41.6 Å². The average Bonchev–Trinajstić information content (AvgIpc) is 2.59. The zero-order chi connectivity index (χ0) is 20.1. The Kier molecular flexibility index (Phi) is 7.60. The van der Waals surface area contributed by atoms with Crippen LogP contribution in [0.5, 0.6) is 0 Å². The third-order valence-electron chi connectivity index (χ3n) is 3.30. The molecule has 0 aromatic heterocycles. The van der Waals surface area contributed by atoms with Crippen LogP contribution in [-0.2, 0) is 12.4 Å². The zero-order valence-corrected chi connectivity index (χ0v) is 17.1. The maximum absolute atomic E-state index is 12.6. The van der Waals surface area contributed by atoms with Crippen LogP contribution in [0.2, 0.25) is 0 Å². The molecule has 27 heavy (non-hydrogen) atoms. The monoisotopic (exact) mass is 520 g/mol. The summed E-state index contributed by atoms with van der Waals surface area (Å²) in [6.45, 7) is -0.0999. The normalized spacial score (nSPS) is 13.1. The van der Waals surface area contributed by atoms with Gasteiger partial charge in [0.2, 0.25) is 0 Å². The zero-order valence-electron chi connectivity index (χ0n) is 13.6. The van der Waals surface area contributed by atoms with E-state index in [1.165, 1.54) is 24.3 Å².